The summed E-state index contributed by atoms with van der Waals surface area (Å²) < 4.78 is 5.82. The molecule has 0 fully saturated rings. The number of aryl methyl sites for hydroxylation is 2. The minimum absolute atomic E-state index is 0.00674. The third-order valence-corrected chi connectivity index (χ3v) is 3.15. The van der Waals surface area contributed by atoms with Crippen molar-refractivity contribution in [2.45, 2.75) is 27.2 Å². The molecule has 0 amide bonds. The van der Waals surface area contributed by atoms with Gasteiger partial charge in [0.05, 0.1) is 17.8 Å². The molecule has 0 saturated heterocycles. The fourth-order valence-electron chi connectivity index (χ4n) is 2.08. The average molecular weight is 280 g/mol. The molecule has 0 aliphatic rings. The van der Waals surface area contributed by atoms with Gasteiger partial charge in [-0.1, -0.05) is 6.92 Å². The van der Waals surface area contributed by atoms with Crippen LogP contribution < -0.4 is 4.74 Å². The molecule has 1 heterocycles. The molecule has 0 radical (unpaired) electrons. The number of nitriles is 1. The molecule has 106 valence electrons. The Morgan fingerprint density at radius 1 is 1.29 bits per heavy atom. The maximum atomic E-state index is 11.5. The van der Waals surface area contributed by atoms with Crippen LogP contribution in [0.4, 0.5) is 0 Å². The van der Waals surface area contributed by atoms with Crippen molar-refractivity contribution in [3.05, 3.63) is 52.8 Å². The van der Waals surface area contributed by atoms with Crippen LogP contribution in [0.2, 0.25) is 0 Å². The number of hydrogen-bond donors (Lipinski definition) is 0. The number of ketones is 1. The Morgan fingerprint density at radius 3 is 2.43 bits per heavy atom. The predicted octanol–water partition coefficient (Wildman–Crippen LogP) is 3.96. The molecule has 4 nitrogen and oxygen atoms in total. The Balaban J connectivity index is 2.27. The Hall–Kier alpha value is -2.67. The van der Waals surface area contributed by atoms with E-state index in [9.17, 15) is 4.79 Å². The molecular weight excluding hydrogens is 264 g/mol. The first-order valence-electron chi connectivity index (χ1n) is 6.73. The highest BCUT2D eigenvalue weighted by atomic mass is 16.5. The van der Waals surface area contributed by atoms with Gasteiger partial charge in [-0.05, 0) is 49.2 Å². The van der Waals surface area contributed by atoms with E-state index in [0.29, 0.717) is 29.2 Å². The second-order valence-electron chi connectivity index (χ2n) is 4.81. The molecule has 0 aliphatic heterocycles. The molecule has 4 heteroatoms. The van der Waals surface area contributed by atoms with Crippen LogP contribution >= 0.6 is 0 Å². The second kappa shape index (κ2) is 6.19. The van der Waals surface area contributed by atoms with Gasteiger partial charge in [-0.2, -0.15) is 5.26 Å². The van der Waals surface area contributed by atoms with Gasteiger partial charge in [0.15, 0.2) is 5.78 Å². The van der Waals surface area contributed by atoms with Crippen molar-refractivity contribution in [1.82, 2.24) is 4.98 Å². The van der Waals surface area contributed by atoms with Crippen LogP contribution in [-0.2, 0) is 0 Å². The lowest BCUT2D eigenvalue weighted by Crippen LogP contribution is -2.00. The normalized spacial score (nSPS) is 10.0. The van der Waals surface area contributed by atoms with Crippen LogP contribution in [-0.4, -0.2) is 10.8 Å². The van der Waals surface area contributed by atoms with Crippen LogP contribution in [0.5, 0.6) is 11.5 Å². The third-order valence-electron chi connectivity index (χ3n) is 3.15. The molecule has 0 saturated carbocycles. The highest BCUT2D eigenvalue weighted by Gasteiger charge is 2.09. The molecule has 21 heavy (non-hydrogen) atoms. The maximum Gasteiger partial charge on any atom is 0.180 e. The van der Waals surface area contributed by atoms with Gasteiger partial charge in [0.25, 0.3) is 0 Å². The number of aromatic nitrogens is 1. The molecule has 1 aromatic heterocycles. The molecule has 0 aliphatic carbocycles. The summed E-state index contributed by atoms with van der Waals surface area (Å²) in [4.78, 5) is 15.6. The number of benzene rings is 1. The van der Waals surface area contributed by atoms with E-state index in [1.54, 1.807) is 37.4 Å². The quantitative estimate of drug-likeness (QED) is 0.795. The summed E-state index contributed by atoms with van der Waals surface area (Å²) in [6.45, 7) is 5.59. The fraction of sp³-hybridized carbons (Fsp3) is 0.235. The summed E-state index contributed by atoms with van der Waals surface area (Å²) in [6, 6.07) is 9.08. The van der Waals surface area contributed by atoms with Gasteiger partial charge in [0.1, 0.15) is 17.2 Å². The van der Waals surface area contributed by atoms with Gasteiger partial charge in [0, 0.05) is 6.42 Å². The number of hydrogen-bond acceptors (Lipinski definition) is 4. The Bertz CT molecular complexity index is 690. The largest absolute Gasteiger partial charge is 0.455 e. The molecule has 2 rings (SSSR count). The first kappa shape index (κ1) is 14.7. The van der Waals surface area contributed by atoms with E-state index < -0.39 is 0 Å². The number of pyridine rings is 1. The van der Waals surface area contributed by atoms with Crippen LogP contribution in [0, 0.1) is 25.2 Å². The van der Waals surface area contributed by atoms with Crippen molar-refractivity contribution in [2.75, 3.05) is 0 Å². The lowest BCUT2D eigenvalue weighted by Gasteiger charge is -2.12. The Kier molecular flexibility index (Phi) is 4.34. The van der Waals surface area contributed by atoms with Crippen molar-refractivity contribution < 1.29 is 9.53 Å². The topological polar surface area (TPSA) is 63.0 Å². The molecular formula is C17H16N2O2. The third kappa shape index (κ3) is 3.26. The lowest BCUT2D eigenvalue weighted by molar-refractivity contribution is 0.0983. The zero-order valence-electron chi connectivity index (χ0n) is 12.3. The summed E-state index contributed by atoms with van der Waals surface area (Å²) in [7, 11) is 0. The number of ether oxygens (including phenoxy) is 1. The molecule has 0 atom stereocenters. The zero-order chi connectivity index (χ0) is 15.4. The van der Waals surface area contributed by atoms with Gasteiger partial charge >= 0.3 is 0 Å². The van der Waals surface area contributed by atoms with Gasteiger partial charge in [0.2, 0.25) is 0 Å². The maximum absolute atomic E-state index is 11.5. The van der Waals surface area contributed by atoms with E-state index in [2.05, 4.69) is 11.1 Å². The SMILES string of the molecule is CCC(=O)c1ccc(Oc2c(C)cc(C#N)cc2C)cn1. The number of carbonyl (C=O) groups is 1. The zero-order valence-corrected chi connectivity index (χ0v) is 12.3. The fourth-order valence-corrected chi connectivity index (χ4v) is 2.08. The monoisotopic (exact) mass is 280 g/mol. The lowest BCUT2D eigenvalue weighted by atomic mass is 10.1. The predicted molar refractivity (Wildman–Crippen MR) is 79.6 cm³/mol. The molecule has 0 N–H and O–H groups in total. The van der Waals surface area contributed by atoms with E-state index in [0.717, 1.165) is 11.1 Å². The van der Waals surface area contributed by atoms with Crippen LogP contribution in [0.3, 0.4) is 0 Å². The van der Waals surface area contributed by atoms with Crippen molar-refractivity contribution in [3.63, 3.8) is 0 Å². The van der Waals surface area contributed by atoms with Crippen molar-refractivity contribution in [3.8, 4) is 17.6 Å². The minimum atomic E-state index is 0.00674. The second-order valence-corrected chi connectivity index (χ2v) is 4.81. The Labute approximate surface area is 124 Å². The van der Waals surface area contributed by atoms with Crippen LogP contribution in [0.25, 0.3) is 0 Å². The summed E-state index contributed by atoms with van der Waals surface area (Å²) in [5, 5.41) is 8.94. The van der Waals surface area contributed by atoms with Crippen molar-refractivity contribution in [1.29, 1.82) is 5.26 Å². The van der Waals surface area contributed by atoms with Crippen molar-refractivity contribution >= 4 is 5.78 Å². The van der Waals surface area contributed by atoms with Crippen LogP contribution in [0.15, 0.2) is 30.5 Å². The van der Waals surface area contributed by atoms with E-state index >= 15 is 0 Å². The highest BCUT2D eigenvalue weighted by molar-refractivity contribution is 5.93. The molecule has 0 bridgehead atoms. The van der Waals surface area contributed by atoms with E-state index in [1.165, 1.54) is 0 Å². The number of carbonyl (C=O) groups excluding carboxylic acids is 1. The minimum Gasteiger partial charge on any atom is -0.455 e. The van der Waals surface area contributed by atoms with E-state index in [4.69, 9.17) is 10.00 Å². The summed E-state index contributed by atoms with van der Waals surface area (Å²) in [6.07, 6.45) is 1.97. The van der Waals surface area contributed by atoms with Crippen LogP contribution in [0.1, 0.15) is 40.5 Å². The molecule has 0 unspecified atom stereocenters. The van der Waals surface area contributed by atoms with Gasteiger partial charge in [-0.25, -0.2) is 4.98 Å². The first-order chi connectivity index (χ1) is 10.0. The average Bonchev–Trinajstić information content (AvgIpc) is 2.50. The summed E-state index contributed by atoms with van der Waals surface area (Å²) in [5.41, 5.74) is 2.83. The highest BCUT2D eigenvalue weighted by Crippen LogP contribution is 2.29. The molecule has 1 aromatic carbocycles. The summed E-state index contributed by atoms with van der Waals surface area (Å²) >= 11 is 0. The number of nitrogens with zero attached hydrogens (tertiary/aromatic N) is 2. The number of rotatable bonds is 4. The van der Waals surface area contributed by atoms with E-state index in [-0.39, 0.29) is 5.78 Å². The van der Waals surface area contributed by atoms with Gasteiger partial charge in [-0.15, -0.1) is 0 Å². The standard InChI is InChI=1S/C17H16N2O2/c1-4-16(20)15-6-5-14(10-19-15)21-17-11(2)7-13(9-18)8-12(17)3/h5-8,10H,4H2,1-3H3. The summed E-state index contributed by atoms with van der Waals surface area (Å²) in [5.74, 6) is 1.29. The Morgan fingerprint density at radius 2 is 1.95 bits per heavy atom. The van der Waals surface area contributed by atoms with E-state index in [1.807, 2.05) is 13.8 Å². The molecule has 2 aromatic rings. The number of Topliss-reactive ketones (excluding diaryl/α,β-unsaturated/α-hetero) is 1. The van der Waals surface area contributed by atoms with Gasteiger partial charge < -0.3 is 4.74 Å². The molecule has 0 spiro atoms. The first-order valence-corrected chi connectivity index (χ1v) is 6.73. The van der Waals surface area contributed by atoms with Gasteiger partial charge in [-0.3, -0.25) is 4.79 Å². The van der Waals surface area contributed by atoms with Crippen molar-refractivity contribution in [2.24, 2.45) is 0 Å². The smallest absolute Gasteiger partial charge is 0.180 e.